The summed E-state index contributed by atoms with van der Waals surface area (Å²) in [6, 6.07) is 52.9. The molecule has 4 heteroatoms. The Morgan fingerprint density at radius 2 is 1.11 bits per heavy atom. The van der Waals surface area contributed by atoms with Gasteiger partial charge < -0.3 is 14.7 Å². The van der Waals surface area contributed by atoms with Crippen LogP contribution in [0.1, 0.15) is 200 Å². The third kappa shape index (κ3) is 5.19. The first-order chi connectivity index (χ1) is 37.9. The van der Waals surface area contributed by atoms with Gasteiger partial charge in [-0.3, -0.25) is 0 Å². The van der Waals surface area contributed by atoms with Gasteiger partial charge in [0, 0.05) is 61.5 Å². The molecule has 3 nitrogen and oxygen atoms in total. The topological polar surface area (TPSA) is 9.72 Å². The van der Waals surface area contributed by atoms with Gasteiger partial charge in [0.1, 0.15) is 0 Å². The number of nitrogens with zero attached hydrogens (tertiary/aromatic N) is 3. The van der Waals surface area contributed by atoms with E-state index < -0.39 is 5.41 Å². The van der Waals surface area contributed by atoms with Gasteiger partial charge in [-0.15, -0.1) is 0 Å². The average Bonchev–Trinajstić information content (AvgIpc) is 1.59. The Bertz CT molecular complexity index is 4260. The van der Waals surface area contributed by atoms with Crippen molar-refractivity contribution in [1.29, 1.82) is 0 Å². The third-order valence-corrected chi connectivity index (χ3v) is 23.7. The normalized spacial score (nSPS) is 25.8. The molecule has 8 aromatic rings. The van der Waals surface area contributed by atoms with Crippen molar-refractivity contribution < 1.29 is 0 Å². The Morgan fingerprint density at radius 1 is 0.450 bits per heavy atom. The number of rotatable bonds is 0. The van der Waals surface area contributed by atoms with Crippen LogP contribution in [0.2, 0.25) is 0 Å². The van der Waals surface area contributed by atoms with Crippen LogP contribution in [0.15, 0.2) is 127 Å². The molecule has 4 atom stereocenters. The second kappa shape index (κ2) is 14.3. The predicted molar refractivity (Wildman–Crippen MR) is 337 cm³/mol. The smallest absolute Gasteiger partial charge is 0.252 e. The highest BCUT2D eigenvalue weighted by molar-refractivity contribution is 7.00. The maximum absolute atomic E-state index is 2.90. The molecule has 398 valence electrons. The fraction of sp³-hybridized carbons (Fsp3) is 0.368. The molecule has 8 aromatic carbocycles. The van der Waals surface area contributed by atoms with Crippen LogP contribution in [-0.2, 0) is 37.9 Å². The largest absolute Gasteiger partial charge is 0.334 e. The predicted octanol–water partition coefficient (Wildman–Crippen LogP) is 17.3. The van der Waals surface area contributed by atoms with Crippen molar-refractivity contribution in [2.45, 2.75) is 179 Å². The summed E-state index contributed by atoms with van der Waals surface area (Å²) < 4.78 is 0. The molecule has 17 rings (SSSR count). The molecule has 1 fully saturated rings. The Balaban J connectivity index is 1.05. The second-order valence-electron chi connectivity index (χ2n) is 30.3. The van der Waals surface area contributed by atoms with Crippen molar-refractivity contribution in [3.05, 3.63) is 205 Å². The van der Waals surface area contributed by atoms with Crippen molar-refractivity contribution >= 4 is 68.6 Å². The zero-order chi connectivity index (χ0) is 55.3. The summed E-state index contributed by atoms with van der Waals surface area (Å²) in [6.45, 7) is 37.8. The molecule has 0 amide bonds. The summed E-state index contributed by atoms with van der Waals surface area (Å²) in [7, 11) is 0. The van der Waals surface area contributed by atoms with Gasteiger partial charge in [-0.25, -0.2) is 0 Å². The molecule has 0 radical (unpaired) electrons. The first kappa shape index (κ1) is 48.0. The molecule has 1 saturated carbocycles. The molecule has 6 bridgehead atoms. The quantitative estimate of drug-likeness (QED) is 0.140. The Kier molecular flexibility index (Phi) is 8.56. The van der Waals surface area contributed by atoms with Crippen LogP contribution in [0.5, 0.6) is 0 Å². The number of fused-ring (bicyclic) bond motifs is 22. The van der Waals surface area contributed by atoms with Gasteiger partial charge in [0.25, 0.3) is 6.71 Å². The van der Waals surface area contributed by atoms with E-state index in [0.29, 0.717) is 0 Å². The average molecular weight is 1040 g/mol. The summed E-state index contributed by atoms with van der Waals surface area (Å²) >= 11 is 0. The molecule has 9 aliphatic rings. The Hall–Kier alpha value is -6.78. The lowest BCUT2D eigenvalue weighted by molar-refractivity contribution is 0.195. The van der Waals surface area contributed by atoms with Crippen LogP contribution in [0, 0.1) is 13.8 Å². The van der Waals surface area contributed by atoms with Crippen LogP contribution < -0.4 is 31.1 Å². The minimum Gasteiger partial charge on any atom is -0.334 e. The van der Waals surface area contributed by atoms with Crippen molar-refractivity contribution in [2.75, 3.05) is 14.7 Å². The van der Waals surface area contributed by atoms with Gasteiger partial charge in [0.15, 0.2) is 0 Å². The highest BCUT2D eigenvalue weighted by Crippen LogP contribution is 2.68. The maximum atomic E-state index is 2.90. The number of hydrogen-bond acceptors (Lipinski definition) is 3. The fourth-order valence-electron chi connectivity index (χ4n) is 20.1. The van der Waals surface area contributed by atoms with Crippen LogP contribution in [0.3, 0.4) is 0 Å². The van der Waals surface area contributed by atoms with Crippen molar-refractivity contribution in [3.63, 3.8) is 0 Å². The summed E-state index contributed by atoms with van der Waals surface area (Å²) in [6.07, 6.45) is 5.95. The number of benzene rings is 8. The van der Waals surface area contributed by atoms with Crippen LogP contribution in [0.25, 0.3) is 11.1 Å². The molecular weight excluding hydrogens is 966 g/mol. The molecule has 4 unspecified atom stereocenters. The minimum atomic E-state index is -0.473. The van der Waals surface area contributed by atoms with E-state index in [4.69, 9.17) is 0 Å². The molecule has 4 aliphatic carbocycles. The molecule has 0 spiro atoms. The van der Waals surface area contributed by atoms with Crippen molar-refractivity contribution in [2.24, 2.45) is 0 Å². The van der Waals surface area contributed by atoms with E-state index in [-0.39, 0.29) is 44.7 Å². The van der Waals surface area contributed by atoms with Gasteiger partial charge in [0.05, 0.1) is 11.2 Å². The highest BCUT2D eigenvalue weighted by atomic mass is 15.3. The molecule has 0 aromatic heterocycles. The Morgan fingerprint density at radius 3 is 1.88 bits per heavy atom. The van der Waals surface area contributed by atoms with E-state index >= 15 is 0 Å². The van der Waals surface area contributed by atoms with E-state index in [9.17, 15) is 0 Å². The summed E-state index contributed by atoms with van der Waals surface area (Å²) in [5.41, 5.74) is 36.7. The lowest BCUT2D eigenvalue weighted by Crippen LogP contribution is -2.63. The van der Waals surface area contributed by atoms with E-state index in [0.717, 1.165) is 12.8 Å². The third-order valence-electron chi connectivity index (χ3n) is 23.7. The Labute approximate surface area is 476 Å². The molecule has 0 N–H and O–H groups in total. The molecule has 0 saturated heterocycles. The van der Waals surface area contributed by atoms with Gasteiger partial charge in [-0.2, -0.15) is 0 Å². The maximum Gasteiger partial charge on any atom is 0.252 e. The van der Waals surface area contributed by atoms with Gasteiger partial charge >= 0.3 is 0 Å². The number of hydrogen-bond donors (Lipinski definition) is 0. The molecular formula is C76H76BN3. The van der Waals surface area contributed by atoms with Crippen LogP contribution in [0.4, 0.5) is 45.5 Å². The lowest BCUT2D eigenvalue weighted by atomic mass is 9.32. The van der Waals surface area contributed by atoms with E-state index in [2.05, 4.69) is 246 Å². The first-order valence-corrected chi connectivity index (χ1v) is 30.5. The first-order valence-electron chi connectivity index (χ1n) is 30.5. The zero-order valence-corrected chi connectivity index (χ0v) is 50.1. The minimum absolute atomic E-state index is 0.00458. The van der Waals surface area contributed by atoms with E-state index in [1.54, 1.807) is 0 Å². The van der Waals surface area contributed by atoms with Gasteiger partial charge in [-0.1, -0.05) is 167 Å². The second-order valence-corrected chi connectivity index (χ2v) is 30.3. The van der Waals surface area contributed by atoms with Crippen molar-refractivity contribution in [1.82, 2.24) is 0 Å². The summed E-state index contributed by atoms with van der Waals surface area (Å²) in [5.74, 6) is 0. The summed E-state index contributed by atoms with van der Waals surface area (Å²) in [5, 5.41) is 0. The highest BCUT2D eigenvalue weighted by Gasteiger charge is 2.61. The number of anilines is 8. The number of aryl methyl sites for hydroxylation is 2. The lowest BCUT2D eigenvalue weighted by Gasteiger charge is -2.52. The summed E-state index contributed by atoms with van der Waals surface area (Å²) in [4.78, 5) is 8.50. The van der Waals surface area contributed by atoms with Gasteiger partial charge in [-0.05, 0) is 218 Å². The van der Waals surface area contributed by atoms with E-state index in [1.165, 1.54) is 170 Å². The molecule has 5 heterocycles. The molecule has 80 heavy (non-hydrogen) atoms. The van der Waals surface area contributed by atoms with Crippen LogP contribution >= 0.6 is 0 Å². The van der Waals surface area contributed by atoms with Gasteiger partial charge in [0.2, 0.25) is 0 Å². The monoisotopic (exact) mass is 1040 g/mol. The zero-order valence-electron chi connectivity index (χ0n) is 50.1. The van der Waals surface area contributed by atoms with Crippen molar-refractivity contribution in [3.8, 4) is 11.1 Å². The standard InChI is InChI=1S/C76H76BN3/c1-42-33-53-55-39-60(42)78-62-35-44(80-61-40-54(75(55,14)49-27-19-18-26-48(49)72(53,10)11)50(69(3,4)5)36-56(61)73(12)31-20-21-32-74(73,80)13)29-30-57(62)77-58-37-51-52(71(8,9)41-70(51,6)7)38-63(58)79-59-28-22-24-46-45-23-16-17-25-47(45)76(15,66(46)59)65-43(2)34-64(78)67(77)68(65)79/h16-19,22-30,33-40H,20-21,31-32,41H2,1-15H3. The van der Waals surface area contributed by atoms with Crippen LogP contribution in [-0.4, -0.2) is 12.3 Å². The fourth-order valence-corrected chi connectivity index (χ4v) is 20.1. The molecule has 5 aliphatic heterocycles. The SMILES string of the molecule is Cc1cc2c3cc1N1c4cc(ccc4B4c5cc6c(cc5N5c7cccc8c7C(C)(c7ccccc7-8)c7c(C)cc1c4c75)C(C)(C)CC6(C)C)N1c4cc(c(C(C)(C)C)cc4C4(C)CCCCC14C)C3(C)c1ccccc1C2(C)C. The van der Waals surface area contributed by atoms with E-state index in [1.807, 2.05) is 0 Å².